The van der Waals surface area contributed by atoms with Crippen LogP contribution in [-0.4, -0.2) is 7.05 Å². The molecule has 1 aromatic rings. The van der Waals surface area contributed by atoms with Crippen molar-refractivity contribution in [3.63, 3.8) is 0 Å². The molecule has 0 bridgehead atoms. The number of benzene rings is 1. The van der Waals surface area contributed by atoms with Crippen LogP contribution in [0.15, 0.2) is 18.2 Å². The molecule has 1 aromatic carbocycles. The molecule has 0 heterocycles. The van der Waals surface area contributed by atoms with Crippen molar-refractivity contribution < 1.29 is 0 Å². The Labute approximate surface area is 76.3 Å². The smallest absolute Gasteiger partial charge is 0.0424 e. The second-order valence-electron chi connectivity index (χ2n) is 2.31. The molecule has 0 fully saturated rings. The largest absolute Gasteiger partial charge is 0.316 e. The summed E-state index contributed by atoms with van der Waals surface area (Å²) in [6, 6.07) is 5.51. The fourth-order valence-corrected chi connectivity index (χ4v) is 1.49. The lowest BCUT2D eigenvalue weighted by Gasteiger charge is -2.00. The van der Waals surface area contributed by atoms with Crippen molar-refractivity contribution in [1.29, 1.82) is 0 Å². The molecule has 0 aliphatic heterocycles. The molecular weight excluding hydrogens is 181 g/mol. The lowest BCUT2D eigenvalue weighted by molar-refractivity contribution is 0.818. The number of halogens is 2. The Morgan fingerprint density at radius 3 is 2.18 bits per heavy atom. The highest BCUT2D eigenvalue weighted by molar-refractivity contribution is 6.34. The molecule has 1 rings (SSSR count). The Bertz CT molecular complexity index is 228. The van der Waals surface area contributed by atoms with Crippen LogP contribution in [0.4, 0.5) is 0 Å². The van der Waals surface area contributed by atoms with Crippen LogP contribution < -0.4 is 5.32 Å². The van der Waals surface area contributed by atoms with Crippen molar-refractivity contribution in [2.24, 2.45) is 0 Å². The first kappa shape index (κ1) is 8.85. The maximum Gasteiger partial charge on any atom is 0.0424 e. The summed E-state index contributed by atoms with van der Waals surface area (Å²) in [6.07, 6.45) is 0. The first-order valence-electron chi connectivity index (χ1n) is 3.32. The maximum absolute atomic E-state index is 5.77. The van der Waals surface area contributed by atoms with Gasteiger partial charge in [0.1, 0.15) is 0 Å². The van der Waals surface area contributed by atoms with Crippen molar-refractivity contribution in [1.82, 2.24) is 5.32 Å². The Morgan fingerprint density at radius 1 is 1.18 bits per heavy atom. The fourth-order valence-electron chi connectivity index (χ4n) is 0.917. The minimum atomic E-state index is 0.683. The molecule has 1 nitrogen and oxygen atoms in total. The SMILES string of the molecule is CNCc1cc(Cl)cc(Cl)c1. The number of hydrogen-bond acceptors (Lipinski definition) is 1. The number of rotatable bonds is 2. The minimum Gasteiger partial charge on any atom is -0.316 e. The molecule has 0 atom stereocenters. The van der Waals surface area contributed by atoms with Crippen LogP contribution in [0.3, 0.4) is 0 Å². The van der Waals surface area contributed by atoms with Crippen LogP contribution in [0.5, 0.6) is 0 Å². The average Bonchev–Trinajstić information content (AvgIpc) is 1.85. The third kappa shape index (κ3) is 2.70. The highest BCUT2D eigenvalue weighted by atomic mass is 35.5. The van der Waals surface area contributed by atoms with E-state index in [2.05, 4.69) is 5.32 Å². The standard InChI is InChI=1S/C8H9Cl2N/c1-11-5-6-2-7(9)4-8(10)3-6/h2-4,11H,5H2,1H3. The summed E-state index contributed by atoms with van der Waals surface area (Å²) in [4.78, 5) is 0. The van der Waals surface area contributed by atoms with Gasteiger partial charge in [0.05, 0.1) is 0 Å². The van der Waals surface area contributed by atoms with Crippen LogP contribution in [0, 0.1) is 0 Å². The number of hydrogen-bond donors (Lipinski definition) is 1. The van der Waals surface area contributed by atoms with E-state index in [-0.39, 0.29) is 0 Å². The second-order valence-corrected chi connectivity index (χ2v) is 3.18. The van der Waals surface area contributed by atoms with Gasteiger partial charge >= 0.3 is 0 Å². The van der Waals surface area contributed by atoms with Crippen LogP contribution >= 0.6 is 23.2 Å². The van der Waals surface area contributed by atoms with Gasteiger partial charge in [-0.05, 0) is 30.8 Å². The van der Waals surface area contributed by atoms with Gasteiger partial charge in [0.25, 0.3) is 0 Å². The van der Waals surface area contributed by atoms with Gasteiger partial charge in [-0.2, -0.15) is 0 Å². The van der Waals surface area contributed by atoms with Gasteiger partial charge in [0.2, 0.25) is 0 Å². The van der Waals surface area contributed by atoms with E-state index in [1.807, 2.05) is 19.2 Å². The Hall–Kier alpha value is -0.240. The molecule has 1 N–H and O–H groups in total. The van der Waals surface area contributed by atoms with Crippen LogP contribution in [-0.2, 0) is 6.54 Å². The normalized spacial score (nSPS) is 10.1. The van der Waals surface area contributed by atoms with Crippen LogP contribution in [0.2, 0.25) is 10.0 Å². The van der Waals surface area contributed by atoms with Crippen LogP contribution in [0.1, 0.15) is 5.56 Å². The third-order valence-corrected chi connectivity index (χ3v) is 1.74. The highest BCUT2D eigenvalue weighted by Gasteiger charge is 1.95. The van der Waals surface area contributed by atoms with E-state index in [0.717, 1.165) is 12.1 Å². The third-order valence-electron chi connectivity index (χ3n) is 1.30. The zero-order valence-corrected chi connectivity index (χ0v) is 7.71. The molecule has 60 valence electrons. The number of nitrogens with one attached hydrogen (secondary N) is 1. The van der Waals surface area contributed by atoms with E-state index in [4.69, 9.17) is 23.2 Å². The Morgan fingerprint density at radius 2 is 1.73 bits per heavy atom. The van der Waals surface area contributed by atoms with Crippen molar-refractivity contribution in [2.75, 3.05) is 7.05 Å². The monoisotopic (exact) mass is 189 g/mol. The summed E-state index contributed by atoms with van der Waals surface area (Å²) >= 11 is 11.5. The molecule has 3 heteroatoms. The summed E-state index contributed by atoms with van der Waals surface area (Å²) in [5, 5.41) is 4.39. The molecule has 0 spiro atoms. The maximum atomic E-state index is 5.77. The Kier molecular flexibility index (Phi) is 3.18. The Balaban J connectivity index is 2.89. The van der Waals surface area contributed by atoms with Gasteiger partial charge in [-0.3, -0.25) is 0 Å². The molecule has 0 amide bonds. The molecule has 0 radical (unpaired) electrons. The summed E-state index contributed by atoms with van der Waals surface area (Å²) in [6.45, 7) is 0.792. The van der Waals surface area contributed by atoms with Crippen LogP contribution in [0.25, 0.3) is 0 Å². The van der Waals surface area contributed by atoms with Gasteiger partial charge < -0.3 is 5.32 Å². The van der Waals surface area contributed by atoms with Gasteiger partial charge in [0.15, 0.2) is 0 Å². The first-order valence-corrected chi connectivity index (χ1v) is 4.07. The summed E-state index contributed by atoms with van der Waals surface area (Å²) in [7, 11) is 1.88. The molecule has 11 heavy (non-hydrogen) atoms. The van der Waals surface area contributed by atoms with Gasteiger partial charge in [-0.15, -0.1) is 0 Å². The van der Waals surface area contributed by atoms with E-state index in [9.17, 15) is 0 Å². The van der Waals surface area contributed by atoms with Crippen molar-refractivity contribution >= 4 is 23.2 Å². The van der Waals surface area contributed by atoms with Gasteiger partial charge in [0, 0.05) is 16.6 Å². The minimum absolute atomic E-state index is 0.683. The first-order chi connectivity index (χ1) is 5.22. The zero-order chi connectivity index (χ0) is 8.27. The lowest BCUT2D eigenvalue weighted by Crippen LogP contribution is -2.04. The van der Waals surface area contributed by atoms with E-state index >= 15 is 0 Å². The van der Waals surface area contributed by atoms with Crippen molar-refractivity contribution in [3.8, 4) is 0 Å². The topological polar surface area (TPSA) is 12.0 Å². The van der Waals surface area contributed by atoms with Gasteiger partial charge in [-0.1, -0.05) is 23.2 Å². The van der Waals surface area contributed by atoms with E-state index in [1.165, 1.54) is 0 Å². The lowest BCUT2D eigenvalue weighted by atomic mass is 10.2. The molecule has 0 aromatic heterocycles. The van der Waals surface area contributed by atoms with E-state index in [0.29, 0.717) is 10.0 Å². The average molecular weight is 190 g/mol. The molecular formula is C8H9Cl2N. The summed E-state index contributed by atoms with van der Waals surface area (Å²) in [5.41, 5.74) is 1.10. The molecule has 0 aliphatic rings. The predicted octanol–water partition coefficient (Wildman–Crippen LogP) is 2.71. The van der Waals surface area contributed by atoms with E-state index in [1.54, 1.807) is 6.07 Å². The van der Waals surface area contributed by atoms with Gasteiger partial charge in [-0.25, -0.2) is 0 Å². The molecule has 0 unspecified atom stereocenters. The zero-order valence-electron chi connectivity index (χ0n) is 6.20. The highest BCUT2D eigenvalue weighted by Crippen LogP contribution is 2.18. The summed E-state index contributed by atoms with van der Waals surface area (Å²) < 4.78 is 0. The predicted molar refractivity (Wildman–Crippen MR) is 49.2 cm³/mol. The van der Waals surface area contributed by atoms with E-state index < -0.39 is 0 Å². The van der Waals surface area contributed by atoms with Crippen molar-refractivity contribution in [2.45, 2.75) is 6.54 Å². The molecule has 0 saturated heterocycles. The summed E-state index contributed by atoms with van der Waals surface area (Å²) in [5.74, 6) is 0. The molecule has 0 aliphatic carbocycles. The second kappa shape index (κ2) is 3.96. The van der Waals surface area contributed by atoms with Crippen molar-refractivity contribution in [3.05, 3.63) is 33.8 Å². The fraction of sp³-hybridized carbons (Fsp3) is 0.250. The quantitative estimate of drug-likeness (QED) is 0.755. The molecule has 0 saturated carbocycles.